The molecule has 0 saturated carbocycles. The van der Waals surface area contributed by atoms with Crippen LogP contribution in [0, 0.1) is 6.92 Å². The van der Waals surface area contributed by atoms with Crippen LogP contribution in [0.1, 0.15) is 22.4 Å². The molecular formula is C15H17NO3. The number of pyridine rings is 1. The van der Waals surface area contributed by atoms with Gasteiger partial charge in [0.2, 0.25) is 0 Å². The molecule has 2 aromatic rings. The van der Waals surface area contributed by atoms with E-state index in [9.17, 15) is 10.2 Å². The molecule has 1 aromatic heterocycles. The minimum Gasteiger partial charge on any atom is -0.506 e. The maximum absolute atomic E-state index is 9.82. The molecule has 4 heteroatoms. The van der Waals surface area contributed by atoms with Crippen LogP contribution < -0.4 is 0 Å². The molecule has 1 aromatic carbocycles. The summed E-state index contributed by atoms with van der Waals surface area (Å²) in [6.45, 7) is 2.27. The molecule has 0 amide bonds. The van der Waals surface area contributed by atoms with Crippen LogP contribution in [0.4, 0.5) is 0 Å². The monoisotopic (exact) mass is 259 g/mol. The highest BCUT2D eigenvalue weighted by atomic mass is 16.5. The summed E-state index contributed by atoms with van der Waals surface area (Å²) >= 11 is 0. The molecule has 0 radical (unpaired) electrons. The van der Waals surface area contributed by atoms with Crippen LogP contribution in [-0.4, -0.2) is 15.2 Å². The van der Waals surface area contributed by atoms with Crippen molar-refractivity contribution in [3.05, 3.63) is 58.9 Å². The molecule has 4 nitrogen and oxygen atoms in total. The van der Waals surface area contributed by atoms with Gasteiger partial charge in [0, 0.05) is 17.3 Å². The first kappa shape index (κ1) is 13.5. The van der Waals surface area contributed by atoms with E-state index in [0.717, 1.165) is 5.56 Å². The van der Waals surface area contributed by atoms with Crippen molar-refractivity contribution >= 4 is 0 Å². The zero-order chi connectivity index (χ0) is 13.7. The second kappa shape index (κ2) is 6.31. The molecule has 0 aliphatic rings. The van der Waals surface area contributed by atoms with E-state index < -0.39 is 0 Å². The van der Waals surface area contributed by atoms with Gasteiger partial charge in [-0.25, -0.2) is 0 Å². The van der Waals surface area contributed by atoms with Gasteiger partial charge < -0.3 is 14.9 Å². The summed E-state index contributed by atoms with van der Waals surface area (Å²) in [5, 5.41) is 19.1. The fraction of sp³-hybridized carbons (Fsp3) is 0.267. The van der Waals surface area contributed by atoms with Crippen molar-refractivity contribution in [3.8, 4) is 5.75 Å². The number of ether oxygens (including phenoxy) is 1. The van der Waals surface area contributed by atoms with Crippen molar-refractivity contribution in [1.29, 1.82) is 0 Å². The summed E-state index contributed by atoms with van der Waals surface area (Å²) in [6.07, 6.45) is 1.63. The van der Waals surface area contributed by atoms with E-state index in [1.807, 2.05) is 30.3 Å². The Morgan fingerprint density at radius 1 is 1.16 bits per heavy atom. The molecule has 0 saturated heterocycles. The zero-order valence-corrected chi connectivity index (χ0v) is 10.8. The van der Waals surface area contributed by atoms with Crippen molar-refractivity contribution in [2.75, 3.05) is 0 Å². The van der Waals surface area contributed by atoms with Gasteiger partial charge in [-0.2, -0.15) is 0 Å². The highest BCUT2D eigenvalue weighted by Crippen LogP contribution is 2.24. The summed E-state index contributed by atoms with van der Waals surface area (Å²) in [5.74, 6) is 0.0447. The molecule has 19 heavy (non-hydrogen) atoms. The van der Waals surface area contributed by atoms with Gasteiger partial charge in [-0.1, -0.05) is 30.3 Å². The Morgan fingerprint density at radius 3 is 2.58 bits per heavy atom. The average Bonchev–Trinajstić information content (AvgIpc) is 2.44. The maximum Gasteiger partial charge on any atom is 0.142 e. The minimum atomic E-state index is -0.223. The average molecular weight is 259 g/mol. The van der Waals surface area contributed by atoms with Gasteiger partial charge in [0.05, 0.1) is 25.5 Å². The van der Waals surface area contributed by atoms with E-state index in [-0.39, 0.29) is 12.4 Å². The topological polar surface area (TPSA) is 62.6 Å². The van der Waals surface area contributed by atoms with Crippen LogP contribution in [0.2, 0.25) is 0 Å². The summed E-state index contributed by atoms with van der Waals surface area (Å²) in [4.78, 5) is 4.07. The first-order valence-corrected chi connectivity index (χ1v) is 6.11. The molecule has 0 aliphatic heterocycles. The van der Waals surface area contributed by atoms with Crippen molar-refractivity contribution in [2.24, 2.45) is 0 Å². The van der Waals surface area contributed by atoms with Gasteiger partial charge in [0.25, 0.3) is 0 Å². The molecular weight excluding hydrogens is 242 g/mol. The Labute approximate surface area is 112 Å². The normalized spacial score (nSPS) is 10.6. The van der Waals surface area contributed by atoms with Crippen LogP contribution in [0.3, 0.4) is 0 Å². The zero-order valence-electron chi connectivity index (χ0n) is 10.8. The van der Waals surface area contributed by atoms with Crippen LogP contribution in [0.15, 0.2) is 36.5 Å². The highest BCUT2D eigenvalue weighted by molar-refractivity contribution is 5.39. The van der Waals surface area contributed by atoms with Crippen LogP contribution in [-0.2, 0) is 24.6 Å². The third kappa shape index (κ3) is 3.30. The van der Waals surface area contributed by atoms with Gasteiger partial charge in [-0.15, -0.1) is 0 Å². The molecule has 100 valence electrons. The number of aliphatic hydroxyl groups is 1. The van der Waals surface area contributed by atoms with Crippen molar-refractivity contribution < 1.29 is 14.9 Å². The molecule has 0 atom stereocenters. The lowest BCUT2D eigenvalue weighted by molar-refractivity contribution is 0.105. The fourth-order valence-corrected chi connectivity index (χ4v) is 1.84. The lowest BCUT2D eigenvalue weighted by atomic mass is 10.1. The molecule has 2 N–H and O–H groups in total. The highest BCUT2D eigenvalue weighted by Gasteiger charge is 2.10. The number of hydrogen-bond acceptors (Lipinski definition) is 4. The van der Waals surface area contributed by atoms with Crippen LogP contribution in [0.25, 0.3) is 0 Å². The Kier molecular flexibility index (Phi) is 4.49. The van der Waals surface area contributed by atoms with E-state index in [1.54, 1.807) is 13.1 Å². The second-order valence-corrected chi connectivity index (χ2v) is 4.33. The van der Waals surface area contributed by atoms with Gasteiger partial charge in [-0.3, -0.25) is 4.98 Å². The van der Waals surface area contributed by atoms with Gasteiger partial charge in [0.15, 0.2) is 0 Å². The Bertz CT molecular complexity index is 541. The molecule has 2 rings (SSSR count). The maximum atomic E-state index is 9.82. The minimum absolute atomic E-state index is 0.0447. The van der Waals surface area contributed by atoms with E-state index in [2.05, 4.69) is 4.98 Å². The third-order valence-electron chi connectivity index (χ3n) is 2.96. The van der Waals surface area contributed by atoms with Gasteiger partial charge in [-0.05, 0) is 12.5 Å². The van der Waals surface area contributed by atoms with Crippen molar-refractivity contribution in [3.63, 3.8) is 0 Å². The number of aliphatic hydroxyl groups excluding tert-OH is 1. The fourth-order valence-electron chi connectivity index (χ4n) is 1.84. The van der Waals surface area contributed by atoms with Crippen LogP contribution in [0.5, 0.6) is 5.75 Å². The van der Waals surface area contributed by atoms with Crippen LogP contribution >= 0.6 is 0 Å². The second-order valence-electron chi connectivity index (χ2n) is 4.33. The number of aryl methyl sites for hydroxylation is 1. The molecule has 0 unspecified atom stereocenters. The largest absolute Gasteiger partial charge is 0.506 e. The molecule has 0 fully saturated rings. The molecule has 0 bridgehead atoms. The van der Waals surface area contributed by atoms with E-state index in [0.29, 0.717) is 30.0 Å². The Morgan fingerprint density at radius 2 is 1.89 bits per heavy atom. The van der Waals surface area contributed by atoms with Crippen molar-refractivity contribution in [2.45, 2.75) is 26.7 Å². The Hall–Kier alpha value is -1.91. The summed E-state index contributed by atoms with van der Waals surface area (Å²) in [5.41, 5.74) is 2.79. The molecule has 1 heterocycles. The van der Waals surface area contributed by atoms with E-state index in [4.69, 9.17) is 4.74 Å². The Balaban J connectivity index is 2.02. The number of hydrogen-bond donors (Lipinski definition) is 2. The predicted octanol–water partition coefficient (Wildman–Crippen LogP) is 2.30. The van der Waals surface area contributed by atoms with E-state index in [1.165, 1.54) is 0 Å². The lowest BCUT2D eigenvalue weighted by Crippen LogP contribution is -2.01. The summed E-state index contributed by atoms with van der Waals surface area (Å²) in [6, 6.07) is 9.83. The summed E-state index contributed by atoms with van der Waals surface area (Å²) in [7, 11) is 0. The van der Waals surface area contributed by atoms with Gasteiger partial charge >= 0.3 is 0 Å². The standard InChI is InChI=1S/C15H17NO3/c1-11-15(18)14(8-17)13(7-16-11)10-19-9-12-5-3-2-4-6-12/h2-7,17-18H,8-10H2,1H3. The number of nitrogens with zero attached hydrogens (tertiary/aromatic N) is 1. The molecule has 0 spiro atoms. The first-order valence-electron chi connectivity index (χ1n) is 6.11. The quantitative estimate of drug-likeness (QED) is 0.865. The third-order valence-corrected chi connectivity index (χ3v) is 2.96. The number of aromatic hydroxyl groups is 1. The number of benzene rings is 1. The van der Waals surface area contributed by atoms with E-state index >= 15 is 0 Å². The lowest BCUT2D eigenvalue weighted by Gasteiger charge is -2.11. The SMILES string of the molecule is Cc1ncc(COCc2ccccc2)c(CO)c1O. The first-order chi connectivity index (χ1) is 9.22. The smallest absolute Gasteiger partial charge is 0.142 e. The summed E-state index contributed by atoms with van der Waals surface area (Å²) < 4.78 is 5.58. The predicted molar refractivity (Wildman–Crippen MR) is 71.5 cm³/mol. The van der Waals surface area contributed by atoms with Gasteiger partial charge in [0.1, 0.15) is 5.75 Å². The molecule has 0 aliphatic carbocycles. The number of aromatic nitrogens is 1. The van der Waals surface area contributed by atoms with Crippen molar-refractivity contribution in [1.82, 2.24) is 4.98 Å². The number of rotatable bonds is 5.